The van der Waals surface area contributed by atoms with Crippen LogP contribution in [0.5, 0.6) is 0 Å². The third-order valence-electron chi connectivity index (χ3n) is 2.02. The number of alkyl halides is 1. The summed E-state index contributed by atoms with van der Waals surface area (Å²) >= 11 is 9.54. The first kappa shape index (κ1) is 10.2. The van der Waals surface area contributed by atoms with Gasteiger partial charge in [0.05, 0.1) is 0 Å². The first-order chi connectivity index (χ1) is 6.76. The van der Waals surface area contributed by atoms with E-state index in [1.807, 2.05) is 18.2 Å². The van der Waals surface area contributed by atoms with Crippen LogP contribution in [0.2, 0.25) is 0 Å². The summed E-state index contributed by atoms with van der Waals surface area (Å²) in [5, 5.41) is 1.93. The molecule has 2 aromatic rings. The zero-order valence-corrected chi connectivity index (χ0v) is 10.5. The number of benzene rings is 1. The highest BCUT2D eigenvalue weighted by molar-refractivity contribution is 9.08. The van der Waals surface area contributed by atoms with Gasteiger partial charge in [0.15, 0.2) is 0 Å². The molecule has 0 spiro atoms. The molecule has 4 heteroatoms. The lowest BCUT2D eigenvalue weighted by Gasteiger charge is -1.92. The van der Waals surface area contributed by atoms with Gasteiger partial charge in [-0.05, 0) is 6.07 Å². The Morgan fingerprint density at radius 2 is 2.29 bits per heavy atom. The first-order valence-electron chi connectivity index (χ1n) is 4.02. The molecule has 1 nitrogen and oxygen atoms in total. The smallest absolute Gasteiger partial charge is 0.150 e. The summed E-state index contributed by atoms with van der Waals surface area (Å²) in [6.45, 7) is 0. The molecule has 0 amide bonds. The van der Waals surface area contributed by atoms with E-state index < -0.39 is 0 Å². The molecule has 0 saturated carbocycles. The molecule has 1 heterocycles. The average molecular weight is 287 g/mol. The molecule has 0 aliphatic rings. The Morgan fingerprint density at radius 1 is 1.50 bits per heavy atom. The van der Waals surface area contributed by atoms with Gasteiger partial charge in [0, 0.05) is 30.8 Å². The van der Waals surface area contributed by atoms with E-state index >= 15 is 0 Å². The van der Waals surface area contributed by atoms with Crippen molar-refractivity contribution in [2.75, 3.05) is 0 Å². The van der Waals surface area contributed by atoms with E-state index in [0.717, 1.165) is 26.6 Å². The number of carbonyl (C=O) groups is 1. The van der Waals surface area contributed by atoms with Crippen LogP contribution >= 0.6 is 39.9 Å². The fourth-order valence-electron chi connectivity index (χ4n) is 1.31. The number of carbonyl (C=O) groups excluding carboxylic acids is 1. The Morgan fingerprint density at radius 3 is 2.93 bits per heavy atom. The van der Waals surface area contributed by atoms with Gasteiger partial charge in [-0.2, -0.15) is 0 Å². The molecule has 1 aromatic heterocycles. The molecule has 0 bridgehead atoms. The van der Waals surface area contributed by atoms with Crippen molar-refractivity contribution in [2.24, 2.45) is 0 Å². The minimum Gasteiger partial charge on any atom is -0.298 e. The molecule has 1 aromatic carbocycles. The highest BCUT2D eigenvalue weighted by Crippen LogP contribution is 2.35. The van der Waals surface area contributed by atoms with E-state index in [0.29, 0.717) is 5.56 Å². The molecule has 0 atom stereocenters. The van der Waals surface area contributed by atoms with Crippen molar-refractivity contribution in [3.05, 3.63) is 28.6 Å². The molecular weight excluding hydrogens is 280 g/mol. The van der Waals surface area contributed by atoms with Gasteiger partial charge in [0.1, 0.15) is 6.29 Å². The molecule has 0 N–H and O–H groups in total. The Balaban J connectivity index is 2.72. The lowest BCUT2D eigenvalue weighted by Crippen LogP contribution is -1.76. The van der Waals surface area contributed by atoms with Gasteiger partial charge in [-0.3, -0.25) is 4.79 Å². The van der Waals surface area contributed by atoms with Crippen molar-refractivity contribution >= 4 is 56.3 Å². The van der Waals surface area contributed by atoms with Gasteiger partial charge in [0.25, 0.3) is 0 Å². The van der Waals surface area contributed by atoms with Crippen LogP contribution in [0.25, 0.3) is 10.1 Å². The van der Waals surface area contributed by atoms with Gasteiger partial charge in [0.2, 0.25) is 0 Å². The van der Waals surface area contributed by atoms with Crippen LogP contribution in [0.15, 0.2) is 23.1 Å². The minimum absolute atomic E-state index is 0.716. The fraction of sp³-hybridized carbons (Fsp3) is 0.100. The monoisotopic (exact) mass is 286 g/mol. The summed E-state index contributed by atoms with van der Waals surface area (Å²) < 4.78 is 1.12. The second kappa shape index (κ2) is 4.04. The van der Waals surface area contributed by atoms with E-state index in [-0.39, 0.29) is 0 Å². The highest BCUT2D eigenvalue weighted by Gasteiger charge is 2.08. The number of rotatable bonds is 2. The van der Waals surface area contributed by atoms with Crippen molar-refractivity contribution in [1.82, 2.24) is 0 Å². The number of thiol groups is 1. The first-order valence-corrected chi connectivity index (χ1v) is 6.40. The lowest BCUT2D eigenvalue weighted by atomic mass is 10.2. The molecule has 0 unspecified atom stereocenters. The maximum Gasteiger partial charge on any atom is 0.150 e. The summed E-state index contributed by atoms with van der Waals surface area (Å²) in [6.07, 6.45) is 0.866. The molecule has 0 saturated heterocycles. The largest absolute Gasteiger partial charge is 0.298 e. The van der Waals surface area contributed by atoms with E-state index in [9.17, 15) is 4.79 Å². The molecular formula is C10H7BrOS2. The number of halogens is 1. The second-order valence-corrected chi connectivity index (χ2v) is 5.03. The summed E-state index contributed by atoms with van der Waals surface area (Å²) in [6, 6.07) is 5.67. The van der Waals surface area contributed by atoms with Gasteiger partial charge in [-0.15, -0.1) is 24.0 Å². The van der Waals surface area contributed by atoms with E-state index in [4.69, 9.17) is 0 Å². The van der Waals surface area contributed by atoms with Crippen LogP contribution in [-0.2, 0) is 5.33 Å². The molecule has 0 aliphatic carbocycles. The summed E-state index contributed by atoms with van der Waals surface area (Å²) in [5.74, 6) is 0. The quantitative estimate of drug-likeness (QED) is 0.503. The normalized spacial score (nSPS) is 10.7. The van der Waals surface area contributed by atoms with Crippen molar-refractivity contribution in [2.45, 2.75) is 10.2 Å². The topological polar surface area (TPSA) is 17.1 Å². The zero-order valence-electron chi connectivity index (χ0n) is 7.16. The second-order valence-electron chi connectivity index (χ2n) is 2.88. The van der Waals surface area contributed by atoms with Gasteiger partial charge in [-0.25, -0.2) is 0 Å². The van der Waals surface area contributed by atoms with Crippen LogP contribution in [0, 0.1) is 0 Å². The van der Waals surface area contributed by atoms with Crippen LogP contribution < -0.4 is 0 Å². The number of hydrogen-bond acceptors (Lipinski definition) is 3. The summed E-state index contributed by atoms with van der Waals surface area (Å²) in [7, 11) is 0. The third-order valence-corrected chi connectivity index (χ3v) is 4.76. The Hall–Kier alpha value is -0.320. The molecule has 2 rings (SSSR count). The molecule has 0 radical (unpaired) electrons. The van der Waals surface area contributed by atoms with E-state index in [1.165, 1.54) is 4.88 Å². The van der Waals surface area contributed by atoms with Gasteiger partial charge < -0.3 is 0 Å². The van der Waals surface area contributed by atoms with Crippen LogP contribution in [-0.4, -0.2) is 6.29 Å². The number of hydrogen-bond donors (Lipinski definition) is 1. The van der Waals surface area contributed by atoms with E-state index in [2.05, 4.69) is 28.6 Å². The summed E-state index contributed by atoms with van der Waals surface area (Å²) in [5.41, 5.74) is 0.716. The zero-order chi connectivity index (χ0) is 10.1. The molecule has 0 aliphatic heterocycles. The van der Waals surface area contributed by atoms with Crippen molar-refractivity contribution in [3.63, 3.8) is 0 Å². The predicted octanol–water partition coefficient (Wildman–Crippen LogP) is 3.90. The van der Waals surface area contributed by atoms with Crippen LogP contribution in [0.3, 0.4) is 0 Å². The van der Waals surface area contributed by atoms with Crippen LogP contribution in [0.4, 0.5) is 0 Å². The Bertz CT molecular complexity index is 490. The van der Waals surface area contributed by atoms with Gasteiger partial charge in [-0.1, -0.05) is 28.1 Å². The van der Waals surface area contributed by atoms with Crippen molar-refractivity contribution in [1.29, 1.82) is 0 Å². The SMILES string of the molecule is O=Cc1ccc2c(S)c(CBr)sc2c1. The number of thiophene rings is 1. The Kier molecular flexibility index (Phi) is 2.95. The van der Waals surface area contributed by atoms with Gasteiger partial charge >= 0.3 is 0 Å². The minimum atomic E-state index is 0.716. The lowest BCUT2D eigenvalue weighted by molar-refractivity contribution is 0.112. The van der Waals surface area contributed by atoms with Crippen molar-refractivity contribution in [3.8, 4) is 0 Å². The van der Waals surface area contributed by atoms with Crippen LogP contribution in [0.1, 0.15) is 15.2 Å². The average Bonchev–Trinajstić information content (AvgIpc) is 2.55. The Labute approximate surface area is 99.7 Å². The predicted molar refractivity (Wildman–Crippen MR) is 67.1 cm³/mol. The maximum atomic E-state index is 10.6. The molecule has 14 heavy (non-hydrogen) atoms. The summed E-state index contributed by atoms with van der Waals surface area (Å²) in [4.78, 5) is 12.8. The number of fused-ring (bicyclic) bond motifs is 1. The number of aldehydes is 1. The van der Waals surface area contributed by atoms with E-state index in [1.54, 1.807) is 11.3 Å². The fourth-order valence-corrected chi connectivity index (χ4v) is 3.64. The molecule has 0 fully saturated rings. The standard InChI is InChI=1S/C10H7BrOS2/c11-4-9-10(13)7-2-1-6(5-12)3-8(7)14-9/h1-3,5,13H,4H2. The third kappa shape index (κ3) is 1.62. The highest BCUT2D eigenvalue weighted by atomic mass is 79.9. The maximum absolute atomic E-state index is 10.6. The molecule has 72 valence electrons. The van der Waals surface area contributed by atoms with Crippen molar-refractivity contribution < 1.29 is 4.79 Å².